The van der Waals surface area contributed by atoms with Crippen LogP contribution in [-0.2, 0) is 13.0 Å². The maximum atomic E-state index is 13.7. The molecule has 0 aliphatic rings. The van der Waals surface area contributed by atoms with E-state index >= 15 is 0 Å². The predicted octanol–water partition coefficient (Wildman–Crippen LogP) is 6.58. The molecule has 0 unspecified atom stereocenters. The second-order valence-corrected chi connectivity index (χ2v) is 7.69. The molecule has 0 aliphatic heterocycles. The van der Waals surface area contributed by atoms with Crippen LogP contribution < -0.4 is 5.43 Å². The molecule has 0 spiro atoms. The molecule has 0 aliphatic carbocycles. The Morgan fingerprint density at radius 2 is 1.13 bits per heavy atom. The molecule has 2 nitrogen and oxygen atoms in total. The minimum Gasteiger partial charge on any atom is -0.339 e. The van der Waals surface area contributed by atoms with Gasteiger partial charge in [-0.15, -0.1) is 0 Å². The third kappa shape index (κ3) is 3.69. The van der Waals surface area contributed by atoms with Gasteiger partial charge in [-0.1, -0.05) is 103 Å². The SMILES string of the molecule is O=c1c(-c2ccccc2)c(-c2ccccc2)n(CCc2ccccc2)c2ccccc12. The molecule has 0 saturated heterocycles. The molecule has 1 heterocycles. The summed E-state index contributed by atoms with van der Waals surface area (Å²) in [5.41, 5.74) is 6.08. The van der Waals surface area contributed by atoms with E-state index in [2.05, 4.69) is 47.0 Å². The van der Waals surface area contributed by atoms with Crippen molar-refractivity contribution < 1.29 is 0 Å². The number of hydrogen-bond donors (Lipinski definition) is 0. The lowest BCUT2D eigenvalue weighted by molar-refractivity contribution is 0.724. The number of fused-ring (bicyclic) bond motifs is 1. The summed E-state index contributed by atoms with van der Waals surface area (Å²) in [4.78, 5) is 13.7. The Balaban J connectivity index is 1.82. The van der Waals surface area contributed by atoms with Gasteiger partial charge in [-0.3, -0.25) is 4.79 Å². The van der Waals surface area contributed by atoms with Crippen molar-refractivity contribution in [1.82, 2.24) is 4.57 Å². The first-order chi connectivity index (χ1) is 15.3. The molecule has 0 saturated carbocycles. The second kappa shape index (κ2) is 8.45. The van der Waals surface area contributed by atoms with Gasteiger partial charge in [0.2, 0.25) is 0 Å². The van der Waals surface area contributed by atoms with Crippen molar-refractivity contribution >= 4 is 10.9 Å². The topological polar surface area (TPSA) is 22.0 Å². The Hall–Kier alpha value is -3.91. The van der Waals surface area contributed by atoms with Gasteiger partial charge in [0.15, 0.2) is 5.43 Å². The van der Waals surface area contributed by atoms with Crippen LogP contribution >= 0.6 is 0 Å². The molecule has 2 heteroatoms. The van der Waals surface area contributed by atoms with E-state index in [0.29, 0.717) is 0 Å². The highest BCUT2D eigenvalue weighted by atomic mass is 16.1. The molecule has 0 amide bonds. The molecule has 31 heavy (non-hydrogen) atoms. The summed E-state index contributed by atoms with van der Waals surface area (Å²) < 4.78 is 2.32. The molecule has 5 aromatic rings. The zero-order chi connectivity index (χ0) is 21.0. The smallest absolute Gasteiger partial charge is 0.197 e. The Bertz CT molecular complexity index is 1370. The molecule has 5 rings (SSSR count). The molecular weight excluding hydrogens is 378 g/mol. The van der Waals surface area contributed by atoms with Gasteiger partial charge >= 0.3 is 0 Å². The number of hydrogen-bond acceptors (Lipinski definition) is 1. The van der Waals surface area contributed by atoms with Crippen LogP contribution in [0.2, 0.25) is 0 Å². The second-order valence-electron chi connectivity index (χ2n) is 7.69. The standard InChI is InChI=1S/C29H23NO/c31-29-25-18-10-11-19-26(25)30(21-20-22-12-4-1-5-13-22)28(24-16-8-3-9-17-24)27(29)23-14-6-2-7-15-23/h1-19H,20-21H2. The first-order valence-electron chi connectivity index (χ1n) is 10.6. The Morgan fingerprint density at radius 1 is 0.581 bits per heavy atom. The summed E-state index contributed by atoms with van der Waals surface area (Å²) in [6, 6.07) is 38.8. The lowest BCUT2D eigenvalue weighted by atomic mass is 9.95. The maximum Gasteiger partial charge on any atom is 0.197 e. The molecular formula is C29H23NO. The fraction of sp³-hybridized carbons (Fsp3) is 0.0690. The quantitative estimate of drug-likeness (QED) is 0.326. The third-order valence-electron chi connectivity index (χ3n) is 5.75. The highest BCUT2D eigenvalue weighted by molar-refractivity contribution is 5.92. The van der Waals surface area contributed by atoms with Gasteiger partial charge in [0, 0.05) is 11.9 Å². The number of rotatable bonds is 5. The molecule has 0 atom stereocenters. The fourth-order valence-electron chi connectivity index (χ4n) is 4.29. The van der Waals surface area contributed by atoms with Crippen LogP contribution in [0.3, 0.4) is 0 Å². The van der Waals surface area contributed by atoms with Crippen LogP contribution in [0.15, 0.2) is 120 Å². The number of aromatic nitrogens is 1. The number of para-hydroxylation sites is 1. The fourth-order valence-corrected chi connectivity index (χ4v) is 4.29. The molecule has 1 aromatic heterocycles. The van der Waals surface area contributed by atoms with Gasteiger partial charge in [-0.2, -0.15) is 0 Å². The zero-order valence-corrected chi connectivity index (χ0v) is 17.2. The van der Waals surface area contributed by atoms with Crippen LogP contribution in [0.1, 0.15) is 5.56 Å². The van der Waals surface area contributed by atoms with Crippen molar-refractivity contribution in [2.75, 3.05) is 0 Å². The van der Waals surface area contributed by atoms with E-state index in [-0.39, 0.29) is 5.43 Å². The van der Waals surface area contributed by atoms with E-state index < -0.39 is 0 Å². The van der Waals surface area contributed by atoms with Crippen molar-refractivity contribution in [2.24, 2.45) is 0 Å². The van der Waals surface area contributed by atoms with E-state index in [9.17, 15) is 4.79 Å². The average molecular weight is 402 g/mol. The van der Waals surface area contributed by atoms with Crippen molar-refractivity contribution in [3.8, 4) is 22.4 Å². The molecule has 0 bridgehead atoms. The Morgan fingerprint density at radius 3 is 1.81 bits per heavy atom. The van der Waals surface area contributed by atoms with E-state index in [1.54, 1.807) is 0 Å². The monoisotopic (exact) mass is 401 g/mol. The molecule has 0 fully saturated rings. The summed E-state index contributed by atoms with van der Waals surface area (Å²) >= 11 is 0. The largest absolute Gasteiger partial charge is 0.339 e. The van der Waals surface area contributed by atoms with Crippen molar-refractivity contribution in [2.45, 2.75) is 13.0 Å². The van der Waals surface area contributed by atoms with Gasteiger partial charge in [0.1, 0.15) is 0 Å². The summed E-state index contributed by atoms with van der Waals surface area (Å²) in [7, 11) is 0. The zero-order valence-electron chi connectivity index (χ0n) is 17.2. The molecule has 0 N–H and O–H groups in total. The van der Waals surface area contributed by atoms with E-state index in [4.69, 9.17) is 0 Å². The molecule has 0 radical (unpaired) electrons. The minimum absolute atomic E-state index is 0.0802. The lowest BCUT2D eigenvalue weighted by Gasteiger charge is -2.21. The summed E-state index contributed by atoms with van der Waals surface area (Å²) in [6.07, 6.45) is 0.891. The lowest BCUT2D eigenvalue weighted by Crippen LogP contribution is -2.17. The van der Waals surface area contributed by atoms with Gasteiger partial charge in [-0.05, 0) is 35.2 Å². The highest BCUT2D eigenvalue weighted by Crippen LogP contribution is 2.33. The summed E-state index contributed by atoms with van der Waals surface area (Å²) in [5, 5.41) is 0.758. The first-order valence-corrected chi connectivity index (χ1v) is 10.6. The van der Waals surface area contributed by atoms with E-state index in [1.165, 1.54) is 5.56 Å². The van der Waals surface area contributed by atoms with Crippen molar-refractivity contribution in [3.63, 3.8) is 0 Å². The maximum absolute atomic E-state index is 13.7. The van der Waals surface area contributed by atoms with Crippen LogP contribution in [-0.4, -0.2) is 4.57 Å². The first kappa shape index (κ1) is 19.1. The molecule has 4 aromatic carbocycles. The summed E-state index contributed by atoms with van der Waals surface area (Å²) in [5.74, 6) is 0. The Kier molecular flexibility index (Phi) is 5.20. The van der Waals surface area contributed by atoms with Gasteiger partial charge in [0.05, 0.1) is 16.8 Å². The number of aryl methyl sites for hydroxylation is 2. The number of benzene rings is 4. The summed E-state index contributed by atoms with van der Waals surface area (Å²) in [6.45, 7) is 0.787. The Labute approximate surface area is 182 Å². The van der Waals surface area contributed by atoms with Crippen molar-refractivity contribution in [3.05, 3.63) is 131 Å². The highest BCUT2D eigenvalue weighted by Gasteiger charge is 2.19. The minimum atomic E-state index is 0.0802. The molecule has 150 valence electrons. The van der Waals surface area contributed by atoms with Crippen LogP contribution in [0.5, 0.6) is 0 Å². The van der Waals surface area contributed by atoms with E-state index in [1.807, 2.05) is 72.8 Å². The van der Waals surface area contributed by atoms with Crippen LogP contribution in [0.4, 0.5) is 0 Å². The predicted molar refractivity (Wildman–Crippen MR) is 129 cm³/mol. The average Bonchev–Trinajstić information content (AvgIpc) is 2.85. The van der Waals surface area contributed by atoms with Crippen LogP contribution in [0, 0.1) is 0 Å². The van der Waals surface area contributed by atoms with Crippen LogP contribution in [0.25, 0.3) is 33.3 Å². The number of nitrogens with zero attached hydrogens (tertiary/aromatic N) is 1. The van der Waals surface area contributed by atoms with Gasteiger partial charge in [0.25, 0.3) is 0 Å². The van der Waals surface area contributed by atoms with E-state index in [0.717, 1.165) is 46.3 Å². The number of pyridine rings is 1. The normalized spacial score (nSPS) is 11.0. The van der Waals surface area contributed by atoms with Gasteiger partial charge < -0.3 is 4.57 Å². The third-order valence-corrected chi connectivity index (χ3v) is 5.75. The van der Waals surface area contributed by atoms with Crippen molar-refractivity contribution in [1.29, 1.82) is 0 Å². The van der Waals surface area contributed by atoms with Gasteiger partial charge in [-0.25, -0.2) is 0 Å².